The van der Waals surface area contributed by atoms with E-state index in [0.717, 1.165) is 5.56 Å². The first-order valence-corrected chi connectivity index (χ1v) is 5.90. The molecular weight excluding hydrogens is 212 g/mol. The van der Waals surface area contributed by atoms with Gasteiger partial charge in [-0.1, -0.05) is 51.6 Å². The second kappa shape index (κ2) is 5.48. The zero-order chi connectivity index (χ0) is 13.1. The van der Waals surface area contributed by atoms with Crippen molar-refractivity contribution < 1.29 is 10.2 Å². The summed E-state index contributed by atoms with van der Waals surface area (Å²) in [6.45, 7) is 9.97. The Labute approximate surface area is 104 Å². The van der Waals surface area contributed by atoms with Gasteiger partial charge in [0.05, 0.1) is 12.7 Å². The molecule has 2 nitrogen and oxygen atoms in total. The summed E-state index contributed by atoms with van der Waals surface area (Å²) in [5, 5.41) is 18.6. The highest BCUT2D eigenvalue weighted by Gasteiger charge is 2.14. The normalized spacial score (nSPS) is 13.5. The maximum Gasteiger partial charge on any atom is 0.0809 e. The van der Waals surface area contributed by atoms with Gasteiger partial charge in [0.1, 0.15) is 0 Å². The summed E-state index contributed by atoms with van der Waals surface area (Å²) in [7, 11) is 0. The third kappa shape index (κ3) is 3.99. The first kappa shape index (κ1) is 13.9. The maximum atomic E-state index is 9.74. The minimum absolute atomic E-state index is 0.145. The van der Waals surface area contributed by atoms with E-state index in [9.17, 15) is 5.11 Å². The summed E-state index contributed by atoms with van der Waals surface area (Å²) >= 11 is 0. The number of aliphatic hydroxyl groups is 2. The van der Waals surface area contributed by atoms with Crippen LogP contribution < -0.4 is 0 Å². The lowest BCUT2D eigenvalue weighted by Gasteiger charge is -2.19. The van der Waals surface area contributed by atoms with E-state index in [0.29, 0.717) is 12.0 Å². The lowest BCUT2D eigenvalue weighted by Crippen LogP contribution is -2.16. The molecular formula is C15H22O2. The van der Waals surface area contributed by atoms with Crippen LogP contribution in [0.1, 0.15) is 31.9 Å². The molecule has 0 saturated carbocycles. The molecule has 1 aromatic rings. The van der Waals surface area contributed by atoms with Crippen LogP contribution in [0.2, 0.25) is 0 Å². The van der Waals surface area contributed by atoms with E-state index in [1.54, 1.807) is 0 Å². The Bertz CT molecular complexity index is 371. The molecule has 1 atom stereocenters. The minimum Gasteiger partial charge on any atom is -0.392 e. The van der Waals surface area contributed by atoms with Gasteiger partial charge in [-0.2, -0.15) is 0 Å². The van der Waals surface area contributed by atoms with Crippen LogP contribution in [-0.2, 0) is 11.8 Å². The van der Waals surface area contributed by atoms with Gasteiger partial charge in [0.25, 0.3) is 0 Å². The molecule has 0 spiro atoms. The van der Waals surface area contributed by atoms with Gasteiger partial charge in [0.15, 0.2) is 0 Å². The van der Waals surface area contributed by atoms with Gasteiger partial charge in [0.2, 0.25) is 0 Å². The van der Waals surface area contributed by atoms with Crippen molar-refractivity contribution in [1.29, 1.82) is 0 Å². The lowest BCUT2D eigenvalue weighted by molar-refractivity contribution is 0.188. The Morgan fingerprint density at radius 3 is 2.18 bits per heavy atom. The number of benzene rings is 1. The van der Waals surface area contributed by atoms with Gasteiger partial charge in [-0.25, -0.2) is 0 Å². The van der Waals surface area contributed by atoms with Crippen LogP contribution in [0.3, 0.4) is 0 Å². The summed E-state index contributed by atoms with van der Waals surface area (Å²) in [5.41, 5.74) is 2.94. The van der Waals surface area contributed by atoms with Crippen molar-refractivity contribution in [2.45, 2.75) is 38.7 Å². The van der Waals surface area contributed by atoms with Crippen molar-refractivity contribution in [3.63, 3.8) is 0 Å². The fraction of sp³-hybridized carbons (Fsp3) is 0.467. The Morgan fingerprint density at radius 1 is 1.24 bits per heavy atom. The molecule has 2 heteroatoms. The Kier molecular flexibility index (Phi) is 4.49. The summed E-state index contributed by atoms with van der Waals surface area (Å²) < 4.78 is 0. The van der Waals surface area contributed by atoms with Crippen molar-refractivity contribution in [2.75, 3.05) is 6.61 Å². The molecule has 0 saturated heterocycles. The van der Waals surface area contributed by atoms with Gasteiger partial charge in [-0.3, -0.25) is 0 Å². The smallest absolute Gasteiger partial charge is 0.0809 e. The summed E-state index contributed by atoms with van der Waals surface area (Å²) in [6.07, 6.45) is -0.162. The first-order chi connectivity index (χ1) is 7.84. The van der Waals surface area contributed by atoms with Gasteiger partial charge in [-0.15, -0.1) is 0 Å². The van der Waals surface area contributed by atoms with Crippen LogP contribution >= 0.6 is 0 Å². The molecule has 17 heavy (non-hydrogen) atoms. The zero-order valence-electron chi connectivity index (χ0n) is 10.9. The predicted octanol–water partition coefficient (Wildman–Crippen LogP) is 2.44. The highest BCUT2D eigenvalue weighted by atomic mass is 16.3. The number of rotatable bonds is 4. The highest BCUT2D eigenvalue weighted by Crippen LogP contribution is 2.22. The van der Waals surface area contributed by atoms with Crippen molar-refractivity contribution in [3.8, 4) is 0 Å². The second-order valence-corrected chi connectivity index (χ2v) is 5.48. The molecule has 0 fully saturated rings. The molecule has 0 aromatic heterocycles. The molecule has 1 rings (SSSR count). The summed E-state index contributed by atoms with van der Waals surface area (Å²) in [5.74, 6) is 0. The molecule has 0 aliphatic heterocycles. The third-order valence-corrected chi connectivity index (χ3v) is 2.92. The molecule has 0 radical (unpaired) electrons. The third-order valence-electron chi connectivity index (χ3n) is 2.92. The minimum atomic E-state index is -0.666. The number of aliphatic hydroxyl groups excluding tert-OH is 2. The molecule has 1 aromatic carbocycles. The topological polar surface area (TPSA) is 40.5 Å². The van der Waals surface area contributed by atoms with Gasteiger partial charge >= 0.3 is 0 Å². The van der Waals surface area contributed by atoms with Gasteiger partial charge in [-0.05, 0) is 22.1 Å². The molecule has 0 amide bonds. The van der Waals surface area contributed by atoms with E-state index in [1.807, 2.05) is 12.1 Å². The maximum absolute atomic E-state index is 9.74. The van der Waals surface area contributed by atoms with Crippen LogP contribution in [-0.4, -0.2) is 22.9 Å². The highest BCUT2D eigenvalue weighted by molar-refractivity contribution is 5.28. The fourth-order valence-corrected chi connectivity index (χ4v) is 1.61. The molecule has 0 aliphatic rings. The zero-order valence-corrected chi connectivity index (χ0v) is 10.9. The van der Waals surface area contributed by atoms with E-state index in [-0.39, 0.29) is 12.0 Å². The van der Waals surface area contributed by atoms with Crippen LogP contribution in [0, 0.1) is 0 Å². The Morgan fingerprint density at radius 2 is 1.76 bits per heavy atom. The van der Waals surface area contributed by atoms with E-state index >= 15 is 0 Å². The predicted molar refractivity (Wildman–Crippen MR) is 71.1 cm³/mol. The number of hydrogen-bond donors (Lipinski definition) is 2. The molecule has 0 heterocycles. The van der Waals surface area contributed by atoms with E-state index in [4.69, 9.17) is 5.11 Å². The Hall–Kier alpha value is -1.12. The van der Waals surface area contributed by atoms with Crippen LogP contribution in [0.5, 0.6) is 0 Å². The molecule has 0 aliphatic carbocycles. The first-order valence-electron chi connectivity index (χ1n) is 5.90. The van der Waals surface area contributed by atoms with Crippen LogP contribution in [0.4, 0.5) is 0 Å². The van der Waals surface area contributed by atoms with Crippen LogP contribution in [0.25, 0.3) is 0 Å². The van der Waals surface area contributed by atoms with Gasteiger partial charge < -0.3 is 10.2 Å². The largest absolute Gasteiger partial charge is 0.392 e. The fourth-order valence-electron chi connectivity index (χ4n) is 1.61. The van der Waals surface area contributed by atoms with E-state index in [2.05, 4.69) is 39.5 Å². The van der Waals surface area contributed by atoms with E-state index < -0.39 is 6.10 Å². The average molecular weight is 234 g/mol. The summed E-state index contributed by atoms with van der Waals surface area (Å²) in [4.78, 5) is 0. The average Bonchev–Trinajstić information content (AvgIpc) is 2.27. The Balaban J connectivity index is 2.72. The lowest BCUT2D eigenvalue weighted by atomic mass is 9.86. The van der Waals surface area contributed by atoms with Crippen molar-refractivity contribution >= 4 is 0 Å². The van der Waals surface area contributed by atoms with Crippen molar-refractivity contribution in [3.05, 3.63) is 47.5 Å². The van der Waals surface area contributed by atoms with E-state index in [1.165, 1.54) is 5.56 Å². The standard InChI is InChI=1S/C15H22O2/c1-11(10-16)14(17)9-12-5-7-13(8-6-12)15(2,3)4/h5-8,14,16-17H,1,9-10H2,2-4H3. The molecule has 2 N–H and O–H groups in total. The SMILES string of the molecule is C=C(CO)C(O)Cc1ccc(C(C)(C)C)cc1. The number of hydrogen-bond acceptors (Lipinski definition) is 2. The van der Waals surface area contributed by atoms with Crippen LogP contribution in [0.15, 0.2) is 36.4 Å². The molecule has 0 bridgehead atoms. The quantitative estimate of drug-likeness (QED) is 0.786. The van der Waals surface area contributed by atoms with Crippen molar-refractivity contribution in [1.82, 2.24) is 0 Å². The molecule has 1 unspecified atom stereocenters. The molecule has 94 valence electrons. The van der Waals surface area contributed by atoms with Gasteiger partial charge in [0, 0.05) is 6.42 Å². The summed E-state index contributed by atoms with van der Waals surface area (Å²) in [6, 6.07) is 8.22. The monoisotopic (exact) mass is 234 g/mol. The second-order valence-electron chi connectivity index (χ2n) is 5.48. The van der Waals surface area contributed by atoms with Crippen molar-refractivity contribution in [2.24, 2.45) is 0 Å².